The Hall–Kier alpha value is -0.780. The summed E-state index contributed by atoms with van der Waals surface area (Å²) in [4.78, 5) is 0. The molecule has 0 N–H and O–H groups in total. The maximum Gasteiger partial charge on any atom is -0.0175 e. The lowest BCUT2D eigenvalue weighted by Crippen LogP contribution is -2.25. The van der Waals surface area contributed by atoms with E-state index < -0.39 is 0 Å². The van der Waals surface area contributed by atoms with Crippen LogP contribution >= 0.6 is 0 Å². The zero-order valence-corrected chi connectivity index (χ0v) is 14.0. The molecule has 112 valence electrons. The van der Waals surface area contributed by atoms with E-state index >= 15 is 0 Å². The predicted molar refractivity (Wildman–Crippen MR) is 89.7 cm³/mol. The zero-order valence-electron chi connectivity index (χ0n) is 14.0. The molecule has 0 saturated heterocycles. The molecule has 20 heavy (non-hydrogen) atoms. The minimum absolute atomic E-state index is 0.496. The topological polar surface area (TPSA) is 0 Å². The lowest BCUT2D eigenvalue weighted by Gasteiger charge is -2.34. The van der Waals surface area contributed by atoms with Crippen LogP contribution in [0.5, 0.6) is 0 Å². The van der Waals surface area contributed by atoms with Crippen LogP contribution in [0.3, 0.4) is 0 Å². The van der Waals surface area contributed by atoms with Crippen LogP contribution in [-0.4, -0.2) is 0 Å². The van der Waals surface area contributed by atoms with Gasteiger partial charge in [0.25, 0.3) is 0 Å². The van der Waals surface area contributed by atoms with Crippen LogP contribution < -0.4 is 0 Å². The van der Waals surface area contributed by atoms with Gasteiger partial charge in [0.05, 0.1) is 0 Å². The van der Waals surface area contributed by atoms with Crippen LogP contribution in [0.1, 0.15) is 72.6 Å². The Kier molecular flexibility index (Phi) is 4.94. The van der Waals surface area contributed by atoms with Crippen molar-refractivity contribution in [1.29, 1.82) is 0 Å². The van der Waals surface area contributed by atoms with Gasteiger partial charge >= 0.3 is 0 Å². The van der Waals surface area contributed by atoms with Gasteiger partial charge in [0, 0.05) is 0 Å². The van der Waals surface area contributed by atoms with Crippen LogP contribution in [0, 0.1) is 17.3 Å². The number of hydrogen-bond donors (Lipinski definition) is 0. The van der Waals surface area contributed by atoms with E-state index in [1.165, 1.54) is 50.5 Å². The summed E-state index contributed by atoms with van der Waals surface area (Å²) in [5.74, 6) is 1.58. The van der Waals surface area contributed by atoms with Crippen molar-refractivity contribution in [3.05, 3.63) is 35.5 Å². The average molecular weight is 272 g/mol. The number of hydrogen-bond acceptors (Lipinski definition) is 0. The maximum atomic E-state index is 4.28. The van der Waals surface area contributed by atoms with Crippen molar-refractivity contribution in [2.24, 2.45) is 17.3 Å². The molecule has 0 heterocycles. The van der Waals surface area contributed by atoms with Gasteiger partial charge in [-0.3, -0.25) is 0 Å². The Morgan fingerprint density at radius 3 is 2.55 bits per heavy atom. The summed E-state index contributed by atoms with van der Waals surface area (Å²) in [7, 11) is 0. The molecule has 0 nitrogen and oxygen atoms in total. The molecule has 2 aliphatic rings. The minimum Gasteiger partial charge on any atom is -0.0999 e. The van der Waals surface area contributed by atoms with Gasteiger partial charge in [0.15, 0.2) is 0 Å². The molecule has 0 aromatic rings. The molecule has 0 amide bonds. The van der Waals surface area contributed by atoms with E-state index in [0.29, 0.717) is 5.41 Å². The molecule has 0 aromatic carbocycles. The smallest absolute Gasteiger partial charge is 0.0175 e. The maximum absolute atomic E-state index is 4.28. The molecule has 0 spiro atoms. The van der Waals surface area contributed by atoms with E-state index in [2.05, 4.69) is 46.4 Å². The Bertz CT molecular complexity index is 423. The largest absolute Gasteiger partial charge is 0.0999 e. The Balaban J connectivity index is 2.26. The fraction of sp³-hybridized carbons (Fsp3) is 0.700. The molecule has 0 radical (unpaired) electrons. The monoisotopic (exact) mass is 272 g/mol. The van der Waals surface area contributed by atoms with Crippen molar-refractivity contribution in [2.45, 2.75) is 72.6 Å². The summed E-state index contributed by atoms with van der Waals surface area (Å²) in [6, 6.07) is 0. The SMILES string of the molecule is C=C(C)[C@H]1CC[C@]2(C)C/C=C(\C)CCC=C(C)CC[C@@H]12. The third-order valence-electron chi connectivity index (χ3n) is 5.84. The van der Waals surface area contributed by atoms with Crippen LogP contribution in [0.4, 0.5) is 0 Å². The molecular weight excluding hydrogens is 240 g/mol. The summed E-state index contributed by atoms with van der Waals surface area (Å²) in [5, 5.41) is 0. The first-order chi connectivity index (χ1) is 9.42. The van der Waals surface area contributed by atoms with Gasteiger partial charge in [-0.15, -0.1) is 0 Å². The third-order valence-corrected chi connectivity index (χ3v) is 5.84. The van der Waals surface area contributed by atoms with Crippen molar-refractivity contribution in [3.63, 3.8) is 0 Å². The van der Waals surface area contributed by atoms with Gasteiger partial charge in [-0.05, 0) is 83.0 Å². The Labute approximate surface area is 126 Å². The normalized spacial score (nSPS) is 38.2. The van der Waals surface area contributed by atoms with E-state index in [1.54, 1.807) is 11.1 Å². The second-order valence-corrected chi connectivity index (χ2v) is 7.63. The van der Waals surface area contributed by atoms with Gasteiger partial charge in [0.1, 0.15) is 0 Å². The number of allylic oxidation sites excluding steroid dienone is 5. The highest BCUT2D eigenvalue weighted by atomic mass is 14.5. The van der Waals surface area contributed by atoms with Gasteiger partial charge < -0.3 is 0 Å². The average Bonchev–Trinajstić information content (AvgIpc) is 2.70. The highest BCUT2D eigenvalue weighted by molar-refractivity contribution is 5.13. The first kappa shape index (κ1) is 15.6. The Morgan fingerprint density at radius 2 is 1.85 bits per heavy atom. The summed E-state index contributed by atoms with van der Waals surface area (Å²) < 4.78 is 0. The molecule has 2 rings (SSSR count). The van der Waals surface area contributed by atoms with Crippen LogP contribution in [0.25, 0.3) is 0 Å². The second kappa shape index (κ2) is 6.33. The predicted octanol–water partition coefficient (Wildman–Crippen LogP) is 6.45. The van der Waals surface area contributed by atoms with Crippen molar-refractivity contribution >= 4 is 0 Å². The van der Waals surface area contributed by atoms with E-state index in [4.69, 9.17) is 0 Å². The first-order valence-electron chi connectivity index (χ1n) is 8.39. The van der Waals surface area contributed by atoms with Crippen molar-refractivity contribution < 1.29 is 0 Å². The second-order valence-electron chi connectivity index (χ2n) is 7.63. The van der Waals surface area contributed by atoms with E-state index in [0.717, 1.165) is 11.8 Å². The fourth-order valence-corrected chi connectivity index (χ4v) is 4.29. The van der Waals surface area contributed by atoms with Crippen molar-refractivity contribution in [3.8, 4) is 0 Å². The van der Waals surface area contributed by atoms with Gasteiger partial charge in [-0.2, -0.15) is 0 Å². The third kappa shape index (κ3) is 3.45. The van der Waals surface area contributed by atoms with Crippen LogP contribution in [0.15, 0.2) is 35.5 Å². The summed E-state index contributed by atoms with van der Waals surface area (Å²) in [5.41, 5.74) is 5.08. The molecule has 0 aliphatic heterocycles. The van der Waals surface area contributed by atoms with E-state index in [-0.39, 0.29) is 0 Å². The lowest BCUT2D eigenvalue weighted by atomic mass is 9.70. The molecule has 1 fully saturated rings. The zero-order chi connectivity index (χ0) is 14.8. The minimum atomic E-state index is 0.496. The standard InChI is InChI=1S/C20H32/c1-15(2)18-12-14-20(5)13-11-17(4)8-6-7-16(3)9-10-19(18)20/h7,11,18-19H,1,6,8-10,12-14H2,2-5H3/b16-7?,17-11+/t18-,19+,20+/m1/s1. The lowest BCUT2D eigenvalue weighted by molar-refractivity contribution is 0.195. The molecule has 0 bridgehead atoms. The van der Waals surface area contributed by atoms with Crippen LogP contribution in [0.2, 0.25) is 0 Å². The van der Waals surface area contributed by atoms with Crippen LogP contribution in [-0.2, 0) is 0 Å². The fourth-order valence-electron chi connectivity index (χ4n) is 4.29. The quantitative estimate of drug-likeness (QED) is 0.481. The van der Waals surface area contributed by atoms with Gasteiger partial charge in [-0.1, -0.05) is 42.4 Å². The summed E-state index contributed by atoms with van der Waals surface area (Å²) >= 11 is 0. The highest BCUT2D eigenvalue weighted by Crippen LogP contribution is 2.53. The Morgan fingerprint density at radius 1 is 1.15 bits per heavy atom. The molecule has 1 saturated carbocycles. The van der Waals surface area contributed by atoms with Crippen molar-refractivity contribution in [1.82, 2.24) is 0 Å². The number of fused-ring (bicyclic) bond motifs is 1. The van der Waals surface area contributed by atoms with Crippen molar-refractivity contribution in [2.75, 3.05) is 0 Å². The van der Waals surface area contributed by atoms with Gasteiger partial charge in [0.2, 0.25) is 0 Å². The molecule has 3 atom stereocenters. The summed E-state index contributed by atoms with van der Waals surface area (Å²) in [6.07, 6.45) is 14.1. The molecular formula is C20H32. The first-order valence-corrected chi connectivity index (χ1v) is 8.39. The van der Waals surface area contributed by atoms with E-state index in [9.17, 15) is 0 Å². The van der Waals surface area contributed by atoms with Gasteiger partial charge in [-0.25, -0.2) is 0 Å². The molecule has 0 unspecified atom stereocenters. The summed E-state index contributed by atoms with van der Waals surface area (Å²) in [6.45, 7) is 13.7. The van der Waals surface area contributed by atoms with E-state index in [1.807, 2.05) is 0 Å². The number of rotatable bonds is 1. The molecule has 0 aromatic heterocycles. The molecule has 2 aliphatic carbocycles. The highest BCUT2D eigenvalue weighted by Gasteiger charge is 2.43. The molecule has 0 heteroatoms.